The molecule has 1 aliphatic heterocycles. The summed E-state index contributed by atoms with van der Waals surface area (Å²) in [4.78, 5) is 37.2. The summed E-state index contributed by atoms with van der Waals surface area (Å²) in [6.07, 6.45) is 2.66. The van der Waals surface area contributed by atoms with Crippen LogP contribution < -0.4 is 0 Å². The number of hydrogen-bond donors (Lipinski definition) is 1. The summed E-state index contributed by atoms with van der Waals surface area (Å²) in [5, 5.41) is 9.12. The van der Waals surface area contributed by atoms with Gasteiger partial charge in [-0.15, -0.1) is 0 Å². The zero-order valence-corrected chi connectivity index (χ0v) is 13.2. The van der Waals surface area contributed by atoms with Crippen molar-refractivity contribution in [3.8, 4) is 0 Å². The zero-order chi connectivity index (χ0) is 16.9. The molecule has 3 aliphatic rings. The maximum Gasteiger partial charge on any atom is 0.305 e. The molecule has 1 saturated carbocycles. The lowest BCUT2D eigenvalue weighted by Gasteiger charge is -2.42. The maximum absolute atomic E-state index is 13.1. The molecule has 0 amide bonds. The number of rotatable bonds is 2. The highest BCUT2D eigenvalue weighted by Crippen LogP contribution is 2.49. The second kappa shape index (κ2) is 5.38. The molecule has 1 fully saturated rings. The van der Waals surface area contributed by atoms with E-state index in [9.17, 15) is 14.4 Å². The second-order valence-corrected chi connectivity index (χ2v) is 6.80. The Morgan fingerprint density at radius 2 is 1.75 bits per heavy atom. The van der Waals surface area contributed by atoms with Crippen LogP contribution in [0.3, 0.4) is 0 Å². The fourth-order valence-electron chi connectivity index (χ4n) is 4.37. The summed E-state index contributed by atoms with van der Waals surface area (Å²) in [6.45, 7) is 0. The second-order valence-electron chi connectivity index (χ2n) is 6.80. The Kier molecular flexibility index (Phi) is 3.42. The molecular weight excluding hydrogens is 308 g/mol. The highest BCUT2D eigenvalue weighted by Gasteiger charge is 2.51. The minimum atomic E-state index is -0.952. The van der Waals surface area contributed by atoms with E-state index in [1.165, 1.54) is 0 Å². The first-order valence-corrected chi connectivity index (χ1v) is 8.33. The first-order valence-electron chi connectivity index (χ1n) is 8.33. The standard InChI is InChI=1S/C19H18O5/c20-15(21)10-11-9-14-16(19(24-11)7-3-4-8-19)18(23)13-6-2-1-5-12(13)17(14)22/h1-2,5-6,11H,3-4,7-10H2,(H,20,21). The quantitative estimate of drug-likeness (QED) is 0.904. The number of Topliss-reactive ketones (excluding diaryl/α,β-unsaturated/α-hetero) is 2. The van der Waals surface area contributed by atoms with Gasteiger partial charge in [0.25, 0.3) is 0 Å². The number of aliphatic carboxylic acids is 1. The van der Waals surface area contributed by atoms with Crippen molar-refractivity contribution >= 4 is 17.5 Å². The van der Waals surface area contributed by atoms with Gasteiger partial charge in [-0.25, -0.2) is 0 Å². The molecule has 1 heterocycles. The van der Waals surface area contributed by atoms with Gasteiger partial charge in [0.2, 0.25) is 0 Å². The number of fused-ring (bicyclic) bond motifs is 2. The predicted molar refractivity (Wildman–Crippen MR) is 85.1 cm³/mol. The summed E-state index contributed by atoms with van der Waals surface area (Å²) < 4.78 is 6.14. The Morgan fingerprint density at radius 1 is 1.12 bits per heavy atom. The third-order valence-electron chi connectivity index (χ3n) is 5.31. The first-order chi connectivity index (χ1) is 11.5. The lowest BCUT2D eigenvalue weighted by Crippen LogP contribution is -2.47. The number of carboxylic acids is 1. The van der Waals surface area contributed by atoms with Gasteiger partial charge in [-0.1, -0.05) is 37.1 Å². The summed E-state index contributed by atoms with van der Waals surface area (Å²) in [6, 6.07) is 6.86. The molecule has 0 bridgehead atoms. The van der Waals surface area contributed by atoms with Gasteiger partial charge in [-0.2, -0.15) is 0 Å². The van der Waals surface area contributed by atoms with E-state index in [4.69, 9.17) is 9.84 Å². The molecule has 124 valence electrons. The number of carboxylic acid groups (broad SMARTS) is 1. The fourth-order valence-corrected chi connectivity index (χ4v) is 4.37. The third-order valence-corrected chi connectivity index (χ3v) is 5.31. The van der Waals surface area contributed by atoms with Gasteiger partial charge in [0.15, 0.2) is 11.6 Å². The number of carbonyl (C=O) groups excluding carboxylic acids is 2. The SMILES string of the molecule is O=C(O)CC1CC2=C(C(=O)c3ccccc3C2=O)C2(CCCC2)O1. The Labute approximate surface area is 139 Å². The number of carbonyl (C=O) groups is 3. The van der Waals surface area contributed by atoms with Crippen molar-refractivity contribution in [1.82, 2.24) is 0 Å². The van der Waals surface area contributed by atoms with Crippen LogP contribution in [0.2, 0.25) is 0 Å². The van der Waals surface area contributed by atoms with Gasteiger partial charge < -0.3 is 9.84 Å². The third kappa shape index (κ3) is 2.15. The van der Waals surface area contributed by atoms with E-state index in [0.29, 0.717) is 35.1 Å². The zero-order valence-electron chi connectivity index (χ0n) is 13.2. The molecule has 0 radical (unpaired) electrons. The van der Waals surface area contributed by atoms with Crippen LogP contribution in [0.1, 0.15) is 59.2 Å². The van der Waals surface area contributed by atoms with Crippen LogP contribution >= 0.6 is 0 Å². The molecule has 0 aromatic heterocycles. The van der Waals surface area contributed by atoms with E-state index in [2.05, 4.69) is 0 Å². The molecule has 5 heteroatoms. The van der Waals surface area contributed by atoms with E-state index in [0.717, 1.165) is 12.8 Å². The van der Waals surface area contributed by atoms with E-state index < -0.39 is 17.7 Å². The Hall–Kier alpha value is -2.27. The highest BCUT2D eigenvalue weighted by molar-refractivity contribution is 6.27. The van der Waals surface area contributed by atoms with Crippen molar-refractivity contribution in [3.63, 3.8) is 0 Å². The maximum atomic E-state index is 13.1. The molecule has 1 aromatic rings. The molecule has 2 aliphatic carbocycles. The molecule has 1 atom stereocenters. The van der Waals surface area contributed by atoms with Gasteiger partial charge in [0.05, 0.1) is 18.1 Å². The molecule has 4 rings (SSSR count). The van der Waals surface area contributed by atoms with E-state index in [1.807, 2.05) is 0 Å². The van der Waals surface area contributed by atoms with E-state index in [1.54, 1.807) is 24.3 Å². The Balaban J connectivity index is 1.86. The van der Waals surface area contributed by atoms with Crippen LogP contribution in [0.25, 0.3) is 0 Å². The Bertz CT molecular complexity index is 783. The van der Waals surface area contributed by atoms with E-state index >= 15 is 0 Å². The number of ketones is 2. The molecule has 1 N–H and O–H groups in total. The largest absolute Gasteiger partial charge is 0.481 e. The van der Waals surface area contributed by atoms with Gasteiger partial charge in [-0.3, -0.25) is 14.4 Å². The van der Waals surface area contributed by atoms with Crippen LogP contribution in [-0.2, 0) is 9.53 Å². The predicted octanol–water partition coefficient (Wildman–Crippen LogP) is 2.94. The Morgan fingerprint density at radius 3 is 2.38 bits per heavy atom. The van der Waals surface area contributed by atoms with Crippen LogP contribution in [0.5, 0.6) is 0 Å². The van der Waals surface area contributed by atoms with Crippen molar-refractivity contribution in [2.24, 2.45) is 0 Å². The normalized spacial score (nSPS) is 24.9. The van der Waals surface area contributed by atoms with Gasteiger partial charge in [0, 0.05) is 28.7 Å². The lowest BCUT2D eigenvalue weighted by molar-refractivity contribution is -0.144. The monoisotopic (exact) mass is 326 g/mol. The molecule has 1 unspecified atom stereocenters. The minimum Gasteiger partial charge on any atom is -0.481 e. The molecule has 0 saturated heterocycles. The van der Waals surface area contributed by atoms with Gasteiger partial charge in [-0.05, 0) is 12.8 Å². The van der Waals surface area contributed by atoms with Crippen molar-refractivity contribution in [2.75, 3.05) is 0 Å². The van der Waals surface area contributed by atoms with Crippen LogP contribution in [0.4, 0.5) is 0 Å². The smallest absolute Gasteiger partial charge is 0.305 e. The molecule has 1 aromatic carbocycles. The fraction of sp³-hybridized carbons (Fsp3) is 0.421. The summed E-state index contributed by atoms with van der Waals surface area (Å²) >= 11 is 0. The molecule has 5 nitrogen and oxygen atoms in total. The average Bonchev–Trinajstić information content (AvgIpc) is 3.00. The van der Waals surface area contributed by atoms with Crippen molar-refractivity contribution in [1.29, 1.82) is 0 Å². The summed E-state index contributed by atoms with van der Waals surface area (Å²) in [5.74, 6) is -1.23. The summed E-state index contributed by atoms with van der Waals surface area (Å²) in [5.41, 5.74) is 1.04. The lowest BCUT2D eigenvalue weighted by atomic mass is 9.72. The van der Waals surface area contributed by atoms with Crippen molar-refractivity contribution in [2.45, 2.75) is 50.2 Å². The molecule has 24 heavy (non-hydrogen) atoms. The van der Waals surface area contributed by atoms with Crippen LogP contribution in [0.15, 0.2) is 35.4 Å². The number of hydrogen-bond acceptors (Lipinski definition) is 4. The van der Waals surface area contributed by atoms with E-state index in [-0.39, 0.29) is 24.4 Å². The molecule has 1 spiro atoms. The van der Waals surface area contributed by atoms with Gasteiger partial charge >= 0.3 is 5.97 Å². The molecular formula is C19H18O5. The van der Waals surface area contributed by atoms with Crippen LogP contribution in [-0.4, -0.2) is 34.3 Å². The average molecular weight is 326 g/mol. The topological polar surface area (TPSA) is 80.7 Å². The van der Waals surface area contributed by atoms with Crippen LogP contribution in [0, 0.1) is 0 Å². The minimum absolute atomic E-state index is 0.129. The van der Waals surface area contributed by atoms with Crippen molar-refractivity contribution < 1.29 is 24.2 Å². The van der Waals surface area contributed by atoms with Gasteiger partial charge in [0.1, 0.15) is 0 Å². The highest BCUT2D eigenvalue weighted by atomic mass is 16.5. The number of ether oxygens (including phenoxy) is 1. The first kappa shape index (κ1) is 15.3. The van der Waals surface area contributed by atoms with Crippen molar-refractivity contribution in [3.05, 3.63) is 46.5 Å². The number of benzene rings is 1. The summed E-state index contributed by atoms with van der Waals surface area (Å²) in [7, 11) is 0.